The van der Waals surface area contributed by atoms with Gasteiger partial charge in [0, 0.05) is 5.56 Å². The highest BCUT2D eigenvalue weighted by Gasteiger charge is 2.06. The number of phosphoric acid groups is 2. The van der Waals surface area contributed by atoms with Crippen molar-refractivity contribution in [2.24, 2.45) is 0 Å². The van der Waals surface area contributed by atoms with Crippen LogP contribution in [0.1, 0.15) is 0 Å². The first-order valence-electron chi connectivity index (χ1n) is 5.92. The molecule has 2 aromatic rings. The maximum atomic E-state index is 9.60. The number of phenols is 2. The number of phenolic OH excluding ortho intramolecular Hbond substituents is 2. The largest absolute Gasteiger partial charge is 0.504 e. The standard InChI is InChI=1S/C12H10O2.2H3O4P/c13-11-8-4-7-10(12(11)14)9-5-2-1-3-6-9;2*1-5(2,3)4/h1-8,13-14H;2*(H3,1,2,3,4). The summed E-state index contributed by atoms with van der Waals surface area (Å²) in [7, 11) is -9.28. The molecule has 0 aromatic heterocycles. The Labute approximate surface area is 136 Å². The summed E-state index contributed by atoms with van der Waals surface area (Å²) in [6.07, 6.45) is 0. The predicted molar refractivity (Wildman–Crippen MR) is 83.7 cm³/mol. The summed E-state index contributed by atoms with van der Waals surface area (Å²) < 4.78 is 17.8. The summed E-state index contributed by atoms with van der Waals surface area (Å²) >= 11 is 0. The Hall–Kier alpha value is -1.74. The minimum absolute atomic E-state index is 0.0706. The first-order chi connectivity index (χ1) is 10.8. The smallest absolute Gasteiger partial charge is 0.466 e. The van der Waals surface area contributed by atoms with Gasteiger partial charge in [-0.25, -0.2) is 9.13 Å². The molecule has 2 aromatic carbocycles. The minimum Gasteiger partial charge on any atom is -0.504 e. The fourth-order valence-corrected chi connectivity index (χ4v) is 1.38. The molecule has 0 bridgehead atoms. The second kappa shape index (κ2) is 9.53. The average molecular weight is 382 g/mol. The van der Waals surface area contributed by atoms with E-state index in [9.17, 15) is 10.2 Å². The molecule has 0 aliphatic carbocycles. The van der Waals surface area contributed by atoms with Gasteiger partial charge in [-0.15, -0.1) is 0 Å². The van der Waals surface area contributed by atoms with E-state index in [1.54, 1.807) is 12.1 Å². The van der Waals surface area contributed by atoms with Crippen molar-refractivity contribution in [2.45, 2.75) is 0 Å². The van der Waals surface area contributed by atoms with E-state index < -0.39 is 15.6 Å². The number of benzene rings is 2. The maximum absolute atomic E-state index is 9.60. The van der Waals surface area contributed by atoms with Crippen LogP contribution in [0.5, 0.6) is 11.5 Å². The summed E-state index contributed by atoms with van der Waals surface area (Å²) in [6, 6.07) is 14.4. The number of hydrogen-bond donors (Lipinski definition) is 8. The molecule has 0 fully saturated rings. The highest BCUT2D eigenvalue weighted by molar-refractivity contribution is 7.45. The molecule has 0 spiro atoms. The number of para-hydroxylation sites is 1. The van der Waals surface area contributed by atoms with E-state index in [1.165, 1.54) is 6.07 Å². The number of rotatable bonds is 1. The van der Waals surface area contributed by atoms with Crippen molar-refractivity contribution in [2.75, 3.05) is 0 Å². The third-order valence-electron chi connectivity index (χ3n) is 2.10. The molecule has 0 amide bonds. The molecule has 134 valence electrons. The molecule has 10 nitrogen and oxygen atoms in total. The average Bonchev–Trinajstić information content (AvgIpc) is 2.39. The molecule has 12 heteroatoms. The lowest BCUT2D eigenvalue weighted by molar-refractivity contribution is 0.272. The van der Waals surface area contributed by atoms with Crippen molar-refractivity contribution >= 4 is 15.6 Å². The van der Waals surface area contributed by atoms with Crippen LogP contribution in [0.2, 0.25) is 0 Å². The topological polar surface area (TPSA) is 196 Å². The molecule has 0 aliphatic rings. The van der Waals surface area contributed by atoms with E-state index in [-0.39, 0.29) is 11.5 Å². The van der Waals surface area contributed by atoms with Gasteiger partial charge in [0.1, 0.15) is 0 Å². The van der Waals surface area contributed by atoms with E-state index in [2.05, 4.69) is 0 Å². The Kier molecular flexibility index (Phi) is 8.84. The second-order valence-electron chi connectivity index (χ2n) is 4.07. The fourth-order valence-electron chi connectivity index (χ4n) is 1.38. The van der Waals surface area contributed by atoms with Gasteiger partial charge < -0.3 is 39.6 Å². The predicted octanol–water partition coefficient (Wildman–Crippen LogP) is 0.908. The molecule has 2 rings (SSSR count). The molecular weight excluding hydrogens is 366 g/mol. The Morgan fingerprint density at radius 3 is 1.46 bits per heavy atom. The van der Waals surface area contributed by atoms with Gasteiger partial charge in [-0.3, -0.25) is 0 Å². The van der Waals surface area contributed by atoms with Crippen LogP contribution in [-0.4, -0.2) is 39.6 Å². The van der Waals surface area contributed by atoms with Crippen LogP contribution in [0.25, 0.3) is 11.1 Å². The van der Waals surface area contributed by atoms with Crippen LogP contribution in [0, 0.1) is 0 Å². The second-order valence-corrected chi connectivity index (χ2v) is 6.12. The van der Waals surface area contributed by atoms with E-state index in [0.717, 1.165) is 5.56 Å². The van der Waals surface area contributed by atoms with Gasteiger partial charge in [-0.05, 0) is 11.6 Å². The van der Waals surface area contributed by atoms with Crippen LogP contribution in [0.15, 0.2) is 48.5 Å². The molecule has 0 aliphatic heterocycles. The summed E-state index contributed by atoms with van der Waals surface area (Å²) in [5, 5.41) is 18.9. The first kappa shape index (κ1) is 22.3. The van der Waals surface area contributed by atoms with Gasteiger partial charge in [0.2, 0.25) is 0 Å². The zero-order chi connectivity index (χ0) is 19.0. The van der Waals surface area contributed by atoms with E-state index in [1.807, 2.05) is 30.3 Å². The quantitative estimate of drug-likeness (QED) is 0.259. The molecule has 0 saturated carbocycles. The van der Waals surface area contributed by atoms with Gasteiger partial charge in [-0.1, -0.05) is 42.5 Å². The van der Waals surface area contributed by atoms with Gasteiger partial charge >= 0.3 is 15.6 Å². The lowest BCUT2D eigenvalue weighted by Gasteiger charge is -2.05. The van der Waals surface area contributed by atoms with Crippen LogP contribution in [0.4, 0.5) is 0 Å². The normalized spacial score (nSPS) is 10.8. The van der Waals surface area contributed by atoms with Gasteiger partial charge in [0.25, 0.3) is 0 Å². The molecule has 0 radical (unpaired) electrons. The van der Waals surface area contributed by atoms with Crippen molar-refractivity contribution < 1.29 is 48.7 Å². The molecular formula is C12H16O10P2. The Morgan fingerprint density at radius 2 is 1.04 bits per heavy atom. The number of aromatic hydroxyl groups is 2. The van der Waals surface area contributed by atoms with Crippen LogP contribution in [0.3, 0.4) is 0 Å². The summed E-state index contributed by atoms with van der Waals surface area (Å²) in [5.74, 6) is -0.162. The van der Waals surface area contributed by atoms with E-state index in [4.69, 9.17) is 38.5 Å². The lowest BCUT2D eigenvalue weighted by atomic mass is 10.0. The van der Waals surface area contributed by atoms with Crippen molar-refractivity contribution in [1.82, 2.24) is 0 Å². The third kappa shape index (κ3) is 12.8. The zero-order valence-corrected chi connectivity index (χ0v) is 13.7. The Bertz CT molecular complexity index is 685. The van der Waals surface area contributed by atoms with Crippen molar-refractivity contribution in [3.63, 3.8) is 0 Å². The van der Waals surface area contributed by atoms with Crippen LogP contribution >= 0.6 is 15.6 Å². The van der Waals surface area contributed by atoms with Crippen molar-refractivity contribution in [1.29, 1.82) is 0 Å². The molecule has 0 heterocycles. The molecule has 0 saturated heterocycles. The van der Waals surface area contributed by atoms with Gasteiger partial charge in [0.15, 0.2) is 11.5 Å². The third-order valence-corrected chi connectivity index (χ3v) is 2.10. The molecule has 0 atom stereocenters. The van der Waals surface area contributed by atoms with E-state index >= 15 is 0 Å². The minimum atomic E-state index is -4.64. The molecule has 8 N–H and O–H groups in total. The summed E-state index contributed by atoms with van der Waals surface area (Å²) in [6.45, 7) is 0. The number of hydrogen-bond acceptors (Lipinski definition) is 4. The van der Waals surface area contributed by atoms with Crippen molar-refractivity contribution in [3.8, 4) is 22.6 Å². The van der Waals surface area contributed by atoms with Gasteiger partial charge in [0.05, 0.1) is 0 Å². The lowest BCUT2D eigenvalue weighted by Crippen LogP contribution is -1.78. The van der Waals surface area contributed by atoms with Crippen LogP contribution in [-0.2, 0) is 9.13 Å². The first-order valence-corrected chi connectivity index (χ1v) is 9.05. The van der Waals surface area contributed by atoms with Gasteiger partial charge in [-0.2, -0.15) is 0 Å². The monoisotopic (exact) mass is 382 g/mol. The maximum Gasteiger partial charge on any atom is 0.466 e. The Balaban J connectivity index is 0.000000442. The van der Waals surface area contributed by atoms with E-state index in [0.29, 0.717) is 5.56 Å². The highest BCUT2D eigenvalue weighted by atomic mass is 31.2. The summed E-state index contributed by atoms with van der Waals surface area (Å²) in [4.78, 5) is 43.1. The summed E-state index contributed by atoms with van der Waals surface area (Å²) in [5.41, 5.74) is 1.53. The zero-order valence-electron chi connectivity index (χ0n) is 11.9. The van der Waals surface area contributed by atoms with Crippen molar-refractivity contribution in [3.05, 3.63) is 48.5 Å². The van der Waals surface area contributed by atoms with Crippen LogP contribution < -0.4 is 0 Å². The SMILES string of the molecule is O=P(O)(O)O.O=P(O)(O)O.Oc1cccc(-c2ccccc2)c1O. The molecule has 24 heavy (non-hydrogen) atoms. The molecule has 0 unspecified atom stereocenters. The highest BCUT2D eigenvalue weighted by Crippen LogP contribution is 2.35. The Morgan fingerprint density at radius 1 is 0.625 bits per heavy atom. The fraction of sp³-hybridized carbons (Fsp3) is 0.